The Hall–Kier alpha value is -4.87. The number of hydrogen-bond donors (Lipinski definition) is 1. The lowest BCUT2D eigenvalue weighted by molar-refractivity contribution is -0.143. The average Bonchev–Trinajstić information content (AvgIpc) is 3.52. The summed E-state index contributed by atoms with van der Waals surface area (Å²) >= 11 is 6.27. The molecule has 1 aromatic heterocycles. The van der Waals surface area contributed by atoms with Crippen LogP contribution in [-0.4, -0.2) is 82.0 Å². The summed E-state index contributed by atoms with van der Waals surface area (Å²) in [5.41, 5.74) is 3.53. The van der Waals surface area contributed by atoms with Crippen LogP contribution >= 0.6 is 11.6 Å². The van der Waals surface area contributed by atoms with Crippen molar-refractivity contribution in [2.75, 3.05) is 37.4 Å². The molecule has 1 atom stereocenters. The van der Waals surface area contributed by atoms with E-state index in [2.05, 4.69) is 15.6 Å². The molecule has 3 aromatic carbocycles. The standard InChI is InChI=1S/C31H30ClN7O4/c1-36(2)17-23-15-25(10-8-22(23)20-40)34-31(43)28(14-21-6-4-3-5-7-21)38-19-29(41)37(18-30(38)42)27-16-24(32)9-11-26(27)39-13-12-33-35-39/h3-13,15-16,20,28H,14,17-19H2,1-2H3,(H,34,43). The molecule has 3 amide bonds. The van der Waals surface area contributed by atoms with Gasteiger partial charge in [0.1, 0.15) is 25.4 Å². The van der Waals surface area contributed by atoms with Crippen LogP contribution in [0.3, 0.4) is 0 Å². The molecular formula is C31H30ClN7O4. The molecular weight excluding hydrogens is 570 g/mol. The predicted octanol–water partition coefficient (Wildman–Crippen LogP) is 3.22. The molecule has 1 saturated heterocycles. The van der Waals surface area contributed by atoms with Gasteiger partial charge in [0.2, 0.25) is 17.7 Å². The Morgan fingerprint density at radius 2 is 1.81 bits per heavy atom. The van der Waals surface area contributed by atoms with E-state index >= 15 is 0 Å². The number of hydrogen-bond acceptors (Lipinski definition) is 7. The fourth-order valence-corrected chi connectivity index (χ4v) is 5.23. The van der Waals surface area contributed by atoms with Gasteiger partial charge in [-0.1, -0.05) is 47.1 Å². The van der Waals surface area contributed by atoms with Gasteiger partial charge in [-0.3, -0.25) is 24.1 Å². The Kier molecular flexibility index (Phi) is 8.93. The van der Waals surface area contributed by atoms with Crippen LogP contribution in [0, 0.1) is 0 Å². The second-order valence-corrected chi connectivity index (χ2v) is 10.9. The first kappa shape index (κ1) is 29.6. The Labute approximate surface area is 253 Å². The van der Waals surface area contributed by atoms with Gasteiger partial charge in [0.15, 0.2) is 0 Å². The number of nitrogens with zero attached hydrogens (tertiary/aromatic N) is 6. The molecule has 1 unspecified atom stereocenters. The van der Waals surface area contributed by atoms with Crippen molar-refractivity contribution in [3.63, 3.8) is 0 Å². The van der Waals surface area contributed by atoms with Crippen molar-refractivity contribution < 1.29 is 19.2 Å². The fourth-order valence-electron chi connectivity index (χ4n) is 5.06. The van der Waals surface area contributed by atoms with E-state index in [9.17, 15) is 19.2 Å². The number of aromatic nitrogens is 3. The van der Waals surface area contributed by atoms with Gasteiger partial charge in [0.05, 0.1) is 23.8 Å². The molecule has 1 aliphatic rings. The van der Waals surface area contributed by atoms with E-state index in [0.29, 0.717) is 34.2 Å². The molecule has 1 aliphatic heterocycles. The van der Waals surface area contributed by atoms with Crippen LogP contribution < -0.4 is 10.2 Å². The zero-order valence-electron chi connectivity index (χ0n) is 23.7. The van der Waals surface area contributed by atoms with Crippen LogP contribution in [0.5, 0.6) is 0 Å². The number of carbonyl (C=O) groups is 4. The number of amides is 3. The molecule has 0 spiro atoms. The van der Waals surface area contributed by atoms with Crippen molar-refractivity contribution in [1.82, 2.24) is 24.8 Å². The maximum absolute atomic E-state index is 13.8. The number of rotatable bonds is 10. The van der Waals surface area contributed by atoms with Gasteiger partial charge >= 0.3 is 0 Å². The van der Waals surface area contributed by atoms with Crippen molar-refractivity contribution >= 4 is 47.0 Å². The molecule has 0 bridgehead atoms. The Morgan fingerprint density at radius 3 is 2.51 bits per heavy atom. The molecule has 0 radical (unpaired) electrons. The maximum atomic E-state index is 13.8. The quantitative estimate of drug-likeness (QED) is 0.278. The number of anilines is 2. The van der Waals surface area contributed by atoms with E-state index in [1.165, 1.54) is 20.7 Å². The summed E-state index contributed by atoms with van der Waals surface area (Å²) in [7, 11) is 3.77. The normalized spacial score (nSPS) is 14.2. The molecule has 220 valence electrons. The molecule has 0 saturated carbocycles. The zero-order valence-corrected chi connectivity index (χ0v) is 24.4. The third-order valence-electron chi connectivity index (χ3n) is 7.09. The zero-order chi connectivity index (χ0) is 30.5. The topological polar surface area (TPSA) is 121 Å². The molecule has 11 nitrogen and oxygen atoms in total. The first-order chi connectivity index (χ1) is 20.7. The van der Waals surface area contributed by atoms with E-state index in [0.717, 1.165) is 17.4 Å². The summed E-state index contributed by atoms with van der Waals surface area (Å²) in [6.45, 7) is -0.107. The second kappa shape index (κ2) is 13.0. The van der Waals surface area contributed by atoms with E-state index < -0.39 is 17.9 Å². The third kappa shape index (κ3) is 6.79. The highest BCUT2D eigenvalue weighted by Gasteiger charge is 2.39. The van der Waals surface area contributed by atoms with Crippen LogP contribution in [0.1, 0.15) is 21.5 Å². The molecule has 43 heavy (non-hydrogen) atoms. The van der Waals surface area contributed by atoms with Crippen LogP contribution in [0.2, 0.25) is 5.02 Å². The number of piperazine rings is 1. The van der Waals surface area contributed by atoms with Crippen molar-refractivity contribution in [1.29, 1.82) is 0 Å². The van der Waals surface area contributed by atoms with E-state index in [1.54, 1.807) is 42.6 Å². The summed E-state index contributed by atoms with van der Waals surface area (Å²) in [5.74, 6) is -1.22. The molecule has 0 aliphatic carbocycles. The highest BCUT2D eigenvalue weighted by Crippen LogP contribution is 2.30. The van der Waals surface area contributed by atoms with E-state index in [1.807, 2.05) is 49.3 Å². The highest BCUT2D eigenvalue weighted by atomic mass is 35.5. The summed E-state index contributed by atoms with van der Waals surface area (Å²) < 4.78 is 1.49. The molecule has 4 aromatic rings. The van der Waals surface area contributed by atoms with Crippen LogP contribution in [-0.2, 0) is 27.3 Å². The predicted molar refractivity (Wildman–Crippen MR) is 162 cm³/mol. The summed E-state index contributed by atoms with van der Waals surface area (Å²) in [6, 6.07) is 18.3. The van der Waals surface area contributed by atoms with Crippen LogP contribution in [0.4, 0.5) is 11.4 Å². The molecule has 12 heteroatoms. The first-order valence-corrected chi connectivity index (χ1v) is 13.9. The van der Waals surface area contributed by atoms with Crippen molar-refractivity contribution in [3.05, 3.63) is 101 Å². The van der Waals surface area contributed by atoms with Crippen molar-refractivity contribution in [2.24, 2.45) is 0 Å². The van der Waals surface area contributed by atoms with Gasteiger partial charge in [0, 0.05) is 29.2 Å². The number of benzene rings is 3. The van der Waals surface area contributed by atoms with Crippen molar-refractivity contribution in [3.8, 4) is 5.69 Å². The molecule has 1 fully saturated rings. The molecule has 2 heterocycles. The van der Waals surface area contributed by atoms with E-state index in [-0.39, 0.29) is 25.4 Å². The summed E-state index contributed by atoms with van der Waals surface area (Å²) in [6.07, 6.45) is 4.11. The lowest BCUT2D eigenvalue weighted by Gasteiger charge is -2.38. The van der Waals surface area contributed by atoms with Crippen molar-refractivity contribution in [2.45, 2.75) is 19.0 Å². The first-order valence-electron chi connectivity index (χ1n) is 13.6. The van der Waals surface area contributed by atoms with Gasteiger partial charge < -0.3 is 15.1 Å². The maximum Gasteiger partial charge on any atom is 0.247 e. The van der Waals surface area contributed by atoms with Gasteiger partial charge in [-0.2, -0.15) is 0 Å². The fraction of sp³-hybridized carbons (Fsp3) is 0.226. The highest BCUT2D eigenvalue weighted by molar-refractivity contribution is 6.31. The van der Waals surface area contributed by atoms with Gasteiger partial charge in [-0.25, -0.2) is 4.68 Å². The minimum atomic E-state index is -0.974. The summed E-state index contributed by atoms with van der Waals surface area (Å²) in [4.78, 5) is 57.3. The Balaban J connectivity index is 1.43. The number of aldehydes is 1. The van der Waals surface area contributed by atoms with Gasteiger partial charge in [0.25, 0.3) is 0 Å². The van der Waals surface area contributed by atoms with Gasteiger partial charge in [-0.05, 0) is 61.6 Å². The monoisotopic (exact) mass is 599 g/mol. The lowest BCUT2D eigenvalue weighted by atomic mass is 10.0. The van der Waals surface area contributed by atoms with Crippen LogP contribution in [0.15, 0.2) is 79.1 Å². The second-order valence-electron chi connectivity index (χ2n) is 10.4. The molecule has 5 rings (SSSR count). The number of halogens is 1. The van der Waals surface area contributed by atoms with Gasteiger partial charge in [-0.15, -0.1) is 5.10 Å². The summed E-state index contributed by atoms with van der Waals surface area (Å²) in [5, 5.41) is 11.1. The van der Waals surface area contributed by atoms with Crippen LogP contribution in [0.25, 0.3) is 5.69 Å². The Morgan fingerprint density at radius 1 is 1.02 bits per heavy atom. The minimum absolute atomic E-state index is 0.198. The number of nitrogens with one attached hydrogen (secondary N) is 1. The lowest BCUT2D eigenvalue weighted by Crippen LogP contribution is -2.60. The molecule has 1 N–H and O–H groups in total. The SMILES string of the molecule is CN(C)Cc1cc(NC(=O)C(Cc2ccccc2)N2CC(=O)N(c3cc(Cl)ccc3-n3ccnn3)CC2=O)ccc1C=O. The third-order valence-corrected chi connectivity index (χ3v) is 7.33. The smallest absolute Gasteiger partial charge is 0.247 e. The average molecular weight is 600 g/mol. The minimum Gasteiger partial charge on any atom is -0.324 e. The largest absolute Gasteiger partial charge is 0.324 e. The van der Waals surface area contributed by atoms with E-state index in [4.69, 9.17) is 11.6 Å². The number of carbonyl (C=O) groups excluding carboxylic acids is 4. The Bertz CT molecular complexity index is 1640.